The van der Waals surface area contributed by atoms with Gasteiger partial charge in [0.25, 0.3) is 10.1 Å². The highest BCUT2D eigenvalue weighted by Crippen LogP contribution is 2.34. The topological polar surface area (TPSA) is 113 Å². The zero-order chi connectivity index (χ0) is 16.6. The van der Waals surface area contributed by atoms with Gasteiger partial charge in [0.1, 0.15) is 5.75 Å². The van der Waals surface area contributed by atoms with Gasteiger partial charge in [-0.05, 0) is 36.4 Å². The zero-order valence-electron chi connectivity index (χ0n) is 11.9. The van der Waals surface area contributed by atoms with Crippen molar-refractivity contribution in [2.75, 3.05) is 11.1 Å². The first-order valence-electron chi connectivity index (χ1n) is 6.70. The van der Waals surface area contributed by atoms with Crippen LogP contribution in [0, 0.1) is 0 Å². The molecule has 0 aliphatic rings. The average Bonchev–Trinajstić information content (AvgIpc) is 2.49. The Morgan fingerprint density at radius 2 is 1.65 bits per heavy atom. The molecule has 0 fully saturated rings. The van der Waals surface area contributed by atoms with Crippen molar-refractivity contribution in [2.24, 2.45) is 0 Å². The molecule has 3 rings (SSSR count). The van der Waals surface area contributed by atoms with Gasteiger partial charge in [0.05, 0.1) is 4.90 Å². The predicted molar refractivity (Wildman–Crippen MR) is 89.6 cm³/mol. The SMILES string of the molecule is Nc1ccc(Nc2cccc3c(O)cc(S(=O)(=O)O)cc23)cc1. The lowest BCUT2D eigenvalue weighted by atomic mass is 10.1. The molecule has 23 heavy (non-hydrogen) atoms. The Hall–Kier alpha value is -2.77. The van der Waals surface area contributed by atoms with Crippen LogP contribution in [0.15, 0.2) is 59.5 Å². The van der Waals surface area contributed by atoms with Gasteiger partial charge in [0.15, 0.2) is 0 Å². The molecular weight excluding hydrogens is 316 g/mol. The van der Waals surface area contributed by atoms with E-state index >= 15 is 0 Å². The highest BCUT2D eigenvalue weighted by molar-refractivity contribution is 7.85. The fourth-order valence-corrected chi connectivity index (χ4v) is 2.85. The number of phenolic OH excluding ortho intramolecular Hbond substituents is 1. The summed E-state index contributed by atoms with van der Waals surface area (Å²) in [6, 6.07) is 14.5. The molecule has 0 unspecified atom stereocenters. The molecule has 3 aromatic rings. The van der Waals surface area contributed by atoms with Crippen molar-refractivity contribution in [3.05, 3.63) is 54.6 Å². The van der Waals surface area contributed by atoms with E-state index in [-0.39, 0.29) is 10.6 Å². The van der Waals surface area contributed by atoms with E-state index in [4.69, 9.17) is 5.73 Å². The number of aromatic hydroxyl groups is 1. The molecule has 5 N–H and O–H groups in total. The summed E-state index contributed by atoms with van der Waals surface area (Å²) in [5.74, 6) is -0.226. The molecule has 0 aliphatic heterocycles. The smallest absolute Gasteiger partial charge is 0.294 e. The van der Waals surface area contributed by atoms with Gasteiger partial charge in [-0.15, -0.1) is 0 Å². The molecule has 0 atom stereocenters. The summed E-state index contributed by atoms with van der Waals surface area (Å²) >= 11 is 0. The Kier molecular flexibility index (Phi) is 3.59. The maximum absolute atomic E-state index is 11.3. The molecule has 0 spiro atoms. The number of nitrogen functional groups attached to an aromatic ring is 1. The van der Waals surface area contributed by atoms with E-state index in [1.807, 2.05) is 0 Å². The maximum Gasteiger partial charge on any atom is 0.294 e. The average molecular weight is 330 g/mol. The monoisotopic (exact) mass is 330 g/mol. The van der Waals surface area contributed by atoms with Crippen molar-refractivity contribution in [1.82, 2.24) is 0 Å². The Labute approximate surface area is 132 Å². The second-order valence-electron chi connectivity index (χ2n) is 5.07. The number of rotatable bonds is 3. The lowest BCUT2D eigenvalue weighted by Crippen LogP contribution is -1.99. The number of hydrogen-bond donors (Lipinski definition) is 4. The van der Waals surface area contributed by atoms with E-state index in [9.17, 15) is 18.1 Å². The van der Waals surface area contributed by atoms with Gasteiger partial charge in [-0.3, -0.25) is 4.55 Å². The quantitative estimate of drug-likeness (QED) is 0.433. The molecule has 0 heterocycles. The van der Waals surface area contributed by atoms with E-state index in [2.05, 4.69) is 5.32 Å². The zero-order valence-corrected chi connectivity index (χ0v) is 12.7. The third-order valence-electron chi connectivity index (χ3n) is 3.44. The standard InChI is InChI=1S/C16H14N2O4S/c17-10-4-6-11(7-5-10)18-15-3-1-2-13-14(15)8-12(9-16(13)19)23(20,21)22/h1-9,18-19H,17H2,(H,20,21,22). The van der Waals surface area contributed by atoms with E-state index in [1.165, 1.54) is 6.07 Å². The number of anilines is 3. The van der Waals surface area contributed by atoms with Crippen LogP contribution in [-0.2, 0) is 10.1 Å². The number of fused-ring (bicyclic) bond motifs is 1. The minimum Gasteiger partial charge on any atom is -0.507 e. The third kappa shape index (κ3) is 3.05. The van der Waals surface area contributed by atoms with Crippen LogP contribution in [0.3, 0.4) is 0 Å². The second kappa shape index (κ2) is 5.45. The third-order valence-corrected chi connectivity index (χ3v) is 4.27. The molecule has 0 amide bonds. The van der Waals surface area contributed by atoms with Gasteiger partial charge < -0.3 is 16.2 Å². The van der Waals surface area contributed by atoms with Gasteiger partial charge in [-0.25, -0.2) is 0 Å². The summed E-state index contributed by atoms with van der Waals surface area (Å²) in [7, 11) is -4.42. The molecule has 0 bridgehead atoms. The van der Waals surface area contributed by atoms with E-state index in [1.54, 1.807) is 42.5 Å². The minimum absolute atomic E-state index is 0.226. The molecule has 3 aromatic carbocycles. The molecular formula is C16H14N2O4S. The Morgan fingerprint density at radius 1 is 0.957 bits per heavy atom. The molecule has 118 valence electrons. The first kappa shape index (κ1) is 15.1. The molecule has 6 nitrogen and oxygen atoms in total. The molecule has 0 saturated carbocycles. The van der Waals surface area contributed by atoms with Crippen LogP contribution in [0.5, 0.6) is 5.75 Å². The first-order chi connectivity index (χ1) is 10.8. The summed E-state index contributed by atoms with van der Waals surface area (Å²) in [4.78, 5) is -0.367. The van der Waals surface area contributed by atoms with Gasteiger partial charge in [0.2, 0.25) is 0 Å². The van der Waals surface area contributed by atoms with Crippen LogP contribution in [0.1, 0.15) is 0 Å². The van der Waals surface area contributed by atoms with Crippen molar-refractivity contribution in [3.8, 4) is 5.75 Å². The summed E-state index contributed by atoms with van der Waals surface area (Å²) < 4.78 is 31.9. The molecule has 0 aromatic heterocycles. The summed E-state index contributed by atoms with van der Waals surface area (Å²) in [6.45, 7) is 0. The lowest BCUT2D eigenvalue weighted by molar-refractivity contribution is 0.471. The van der Waals surface area contributed by atoms with E-state index < -0.39 is 10.1 Å². The number of phenols is 1. The molecule has 0 radical (unpaired) electrons. The fourth-order valence-electron chi connectivity index (χ4n) is 2.32. The van der Waals surface area contributed by atoms with Crippen molar-refractivity contribution in [3.63, 3.8) is 0 Å². The van der Waals surface area contributed by atoms with Gasteiger partial charge in [-0.2, -0.15) is 8.42 Å². The van der Waals surface area contributed by atoms with Crippen LogP contribution in [-0.4, -0.2) is 18.1 Å². The fraction of sp³-hybridized carbons (Fsp3) is 0. The van der Waals surface area contributed by atoms with E-state index in [0.29, 0.717) is 22.1 Å². The Bertz CT molecular complexity index is 983. The second-order valence-corrected chi connectivity index (χ2v) is 6.49. The summed E-state index contributed by atoms with van der Waals surface area (Å²) in [5.41, 5.74) is 7.61. The van der Waals surface area contributed by atoms with Gasteiger partial charge in [0, 0.05) is 33.9 Å². The molecule has 7 heteroatoms. The van der Waals surface area contributed by atoms with Crippen molar-refractivity contribution in [1.29, 1.82) is 0 Å². The van der Waals surface area contributed by atoms with Gasteiger partial charge >= 0.3 is 0 Å². The normalized spacial score (nSPS) is 11.5. The molecule has 0 aliphatic carbocycles. The van der Waals surface area contributed by atoms with E-state index in [0.717, 1.165) is 11.8 Å². The lowest BCUT2D eigenvalue weighted by Gasteiger charge is -2.12. The maximum atomic E-state index is 11.3. The number of hydrogen-bond acceptors (Lipinski definition) is 5. The number of benzene rings is 3. The Morgan fingerprint density at radius 3 is 2.30 bits per heavy atom. The van der Waals surface area contributed by atoms with Crippen molar-refractivity contribution < 1.29 is 18.1 Å². The van der Waals surface area contributed by atoms with Crippen LogP contribution in [0.4, 0.5) is 17.1 Å². The molecule has 0 saturated heterocycles. The van der Waals surface area contributed by atoms with Gasteiger partial charge in [-0.1, -0.05) is 12.1 Å². The Balaban J connectivity index is 2.17. The minimum atomic E-state index is -4.42. The summed E-state index contributed by atoms with van der Waals surface area (Å²) in [6.07, 6.45) is 0. The number of nitrogens with one attached hydrogen (secondary N) is 1. The van der Waals surface area contributed by atoms with Crippen LogP contribution >= 0.6 is 0 Å². The predicted octanol–water partition coefficient (Wildman–Crippen LogP) is 3.12. The summed E-state index contributed by atoms with van der Waals surface area (Å²) in [5, 5.41) is 14.1. The van der Waals surface area contributed by atoms with Crippen LogP contribution < -0.4 is 11.1 Å². The van der Waals surface area contributed by atoms with Crippen molar-refractivity contribution in [2.45, 2.75) is 4.90 Å². The first-order valence-corrected chi connectivity index (χ1v) is 8.14. The number of nitrogens with two attached hydrogens (primary N) is 1. The van der Waals surface area contributed by atoms with Crippen molar-refractivity contribution >= 4 is 38.0 Å². The largest absolute Gasteiger partial charge is 0.507 e. The highest BCUT2D eigenvalue weighted by Gasteiger charge is 2.15. The van der Waals surface area contributed by atoms with Crippen LogP contribution in [0.2, 0.25) is 0 Å². The van der Waals surface area contributed by atoms with Crippen LogP contribution in [0.25, 0.3) is 10.8 Å². The highest BCUT2D eigenvalue weighted by atomic mass is 32.2.